The number of alkyl halides is 6. The molecule has 1 aliphatic carbocycles. The van der Waals surface area contributed by atoms with Gasteiger partial charge < -0.3 is 14.9 Å². The zero-order valence-corrected chi connectivity index (χ0v) is 20.7. The Kier molecular flexibility index (Phi) is 6.38. The molecule has 0 aromatic heterocycles. The Bertz CT molecular complexity index is 1520. The van der Waals surface area contributed by atoms with E-state index in [-0.39, 0.29) is 55.4 Å². The molecule has 0 heterocycles. The summed E-state index contributed by atoms with van der Waals surface area (Å²) in [5, 5.41) is 18.8. The number of hydrogen-bond donors (Lipinski definition) is 2. The summed E-state index contributed by atoms with van der Waals surface area (Å²) in [4.78, 5) is 23.2. The van der Waals surface area contributed by atoms with E-state index in [0.717, 1.165) is 0 Å². The molecule has 1 aliphatic rings. The number of carboxylic acid groups (broad SMARTS) is 2. The molecule has 0 spiro atoms. The lowest BCUT2D eigenvalue weighted by molar-refractivity contribution is -0.144. The number of carbonyl (C=O) groups is 2. The van der Waals surface area contributed by atoms with Gasteiger partial charge in [0.2, 0.25) is 0 Å². The lowest BCUT2D eigenvalue weighted by Crippen LogP contribution is -2.22. The number of hydrogen-bond acceptors (Lipinski definition) is 3. The highest BCUT2D eigenvalue weighted by atomic mass is 35.5. The molecule has 4 rings (SSSR count). The molecule has 0 saturated heterocycles. The van der Waals surface area contributed by atoms with E-state index < -0.39 is 59.2 Å². The quantitative estimate of drug-likeness (QED) is 0.325. The first-order valence-corrected chi connectivity index (χ1v) is 11.4. The maximum atomic E-state index is 14.2. The number of methoxy groups -OCH3 is 1. The maximum absolute atomic E-state index is 14.2. The molecule has 0 atom stereocenters. The molecule has 12 heteroatoms. The minimum atomic E-state index is -5.14. The van der Waals surface area contributed by atoms with Crippen LogP contribution in [-0.2, 0) is 40.2 Å². The van der Waals surface area contributed by atoms with Crippen LogP contribution in [0.25, 0.3) is 21.9 Å². The Morgan fingerprint density at radius 3 is 2.00 bits per heavy atom. The van der Waals surface area contributed by atoms with Crippen molar-refractivity contribution in [2.75, 3.05) is 7.11 Å². The van der Waals surface area contributed by atoms with E-state index in [1.54, 1.807) is 0 Å². The Balaban J connectivity index is 2.28. The first-order chi connectivity index (χ1) is 17.4. The fourth-order valence-corrected chi connectivity index (χ4v) is 5.72. The van der Waals surface area contributed by atoms with Crippen LogP contribution in [-0.4, -0.2) is 29.3 Å². The van der Waals surface area contributed by atoms with E-state index >= 15 is 0 Å². The molecule has 0 aliphatic heterocycles. The maximum Gasteiger partial charge on any atom is 0.416 e. The zero-order valence-electron chi connectivity index (χ0n) is 20.0. The Labute approximate surface area is 216 Å². The van der Waals surface area contributed by atoms with Crippen molar-refractivity contribution in [1.29, 1.82) is 0 Å². The molecule has 0 saturated carbocycles. The average molecular weight is 561 g/mol. The van der Waals surface area contributed by atoms with Gasteiger partial charge in [-0.25, -0.2) is 0 Å². The van der Waals surface area contributed by atoms with Crippen LogP contribution < -0.4 is 4.74 Å². The molecule has 0 unspecified atom stereocenters. The second-order valence-corrected chi connectivity index (χ2v) is 9.85. The summed E-state index contributed by atoms with van der Waals surface area (Å²) in [5.74, 6) is -2.68. The van der Waals surface area contributed by atoms with Gasteiger partial charge in [0, 0.05) is 16.4 Å². The van der Waals surface area contributed by atoms with E-state index in [1.165, 1.54) is 33.1 Å². The topological polar surface area (TPSA) is 83.8 Å². The largest absolute Gasteiger partial charge is 0.495 e. The molecule has 2 N–H and O–H groups in total. The van der Waals surface area contributed by atoms with Gasteiger partial charge in [0.15, 0.2) is 0 Å². The summed E-state index contributed by atoms with van der Waals surface area (Å²) >= 11 is 6.56. The highest BCUT2D eigenvalue weighted by molar-refractivity contribution is 6.38. The third-order valence-electron chi connectivity index (χ3n) is 6.70. The predicted molar refractivity (Wildman–Crippen MR) is 126 cm³/mol. The number of aliphatic carboxylic acids is 2. The molecule has 0 amide bonds. The smallest absolute Gasteiger partial charge is 0.416 e. The van der Waals surface area contributed by atoms with Crippen LogP contribution >= 0.6 is 11.6 Å². The molecule has 202 valence electrons. The standard InChI is InChI=1S/C26H19ClF6O5/c1-24(2)15-5-10(6-17(34)35)19-13(4-11(7-18(36)37)23(38-3)22(19)27)20(15)14-8-12(25(28,29)30)9-16(21(14)24)26(31,32)33/h4-5,8-9H,6-7H2,1-3H3,(H,34,35)(H,36,37). The number of rotatable bonds is 5. The van der Waals surface area contributed by atoms with Gasteiger partial charge in [0.1, 0.15) is 5.75 Å². The van der Waals surface area contributed by atoms with Crippen molar-refractivity contribution in [2.24, 2.45) is 0 Å². The summed E-state index contributed by atoms with van der Waals surface area (Å²) < 4.78 is 89.0. The number of ether oxygens (including phenoxy) is 1. The average Bonchev–Trinajstić information content (AvgIpc) is 2.98. The Morgan fingerprint density at radius 1 is 0.921 bits per heavy atom. The Morgan fingerprint density at radius 2 is 1.50 bits per heavy atom. The SMILES string of the molecule is COc1c(CC(=O)O)cc2c3c(cc(CC(=O)O)c2c1Cl)C(C)(C)c1c-3cc(C(F)(F)F)cc1C(F)(F)F. The van der Waals surface area contributed by atoms with Crippen molar-refractivity contribution in [3.63, 3.8) is 0 Å². The van der Waals surface area contributed by atoms with E-state index in [2.05, 4.69) is 0 Å². The summed E-state index contributed by atoms with van der Waals surface area (Å²) in [5.41, 5.74) is -4.99. The van der Waals surface area contributed by atoms with Gasteiger partial charge in [-0.1, -0.05) is 31.5 Å². The van der Waals surface area contributed by atoms with Crippen LogP contribution in [0.5, 0.6) is 5.75 Å². The normalized spacial score (nSPS) is 14.4. The van der Waals surface area contributed by atoms with Crippen molar-refractivity contribution in [2.45, 2.75) is 44.5 Å². The van der Waals surface area contributed by atoms with Gasteiger partial charge >= 0.3 is 24.3 Å². The second kappa shape index (κ2) is 8.79. The van der Waals surface area contributed by atoms with E-state index in [1.807, 2.05) is 0 Å². The van der Waals surface area contributed by atoms with Crippen molar-refractivity contribution in [1.82, 2.24) is 0 Å². The molecule has 3 aromatic carbocycles. The van der Waals surface area contributed by atoms with Crippen LogP contribution in [0, 0.1) is 0 Å². The molecular weight excluding hydrogens is 542 g/mol. The third-order valence-corrected chi connectivity index (χ3v) is 7.06. The number of carboxylic acids is 2. The molecule has 38 heavy (non-hydrogen) atoms. The zero-order chi connectivity index (χ0) is 28.5. The summed E-state index contributed by atoms with van der Waals surface area (Å²) in [6.07, 6.45) is -11.5. The lowest BCUT2D eigenvalue weighted by atomic mass is 9.78. The first kappa shape index (κ1) is 27.6. The van der Waals surface area contributed by atoms with Crippen LogP contribution in [0.3, 0.4) is 0 Å². The third kappa shape index (κ3) is 4.32. The Hall–Kier alpha value is -3.47. The fraction of sp³-hybridized carbons (Fsp3) is 0.308. The molecular formula is C26H19ClF6O5. The fourth-order valence-electron chi connectivity index (χ4n) is 5.29. The van der Waals surface area contributed by atoms with Gasteiger partial charge in [-0.2, -0.15) is 26.3 Å². The predicted octanol–water partition coefficient (Wildman–Crippen LogP) is 7.10. The van der Waals surface area contributed by atoms with Crippen LogP contribution in [0.15, 0.2) is 24.3 Å². The minimum Gasteiger partial charge on any atom is -0.495 e. The van der Waals surface area contributed by atoms with Crippen molar-refractivity contribution < 1.29 is 50.9 Å². The van der Waals surface area contributed by atoms with E-state index in [4.69, 9.17) is 16.3 Å². The van der Waals surface area contributed by atoms with Crippen LogP contribution in [0.4, 0.5) is 26.3 Å². The lowest BCUT2D eigenvalue weighted by Gasteiger charge is -2.26. The van der Waals surface area contributed by atoms with Crippen molar-refractivity contribution in [3.05, 3.63) is 62.7 Å². The van der Waals surface area contributed by atoms with Crippen LogP contribution in [0.2, 0.25) is 5.02 Å². The monoisotopic (exact) mass is 560 g/mol. The van der Waals surface area contributed by atoms with Gasteiger partial charge in [0.25, 0.3) is 0 Å². The first-order valence-electron chi connectivity index (χ1n) is 11.0. The van der Waals surface area contributed by atoms with Gasteiger partial charge in [-0.15, -0.1) is 0 Å². The molecule has 0 fully saturated rings. The van der Waals surface area contributed by atoms with Gasteiger partial charge in [-0.3, -0.25) is 9.59 Å². The van der Waals surface area contributed by atoms with Gasteiger partial charge in [-0.05, 0) is 51.4 Å². The molecule has 5 nitrogen and oxygen atoms in total. The number of benzene rings is 3. The minimum absolute atomic E-state index is 0.0121. The summed E-state index contributed by atoms with van der Waals surface area (Å²) in [7, 11) is 1.20. The highest BCUT2D eigenvalue weighted by Crippen LogP contribution is 2.57. The summed E-state index contributed by atoms with van der Waals surface area (Å²) in [6, 6.07) is 3.31. The van der Waals surface area contributed by atoms with E-state index in [0.29, 0.717) is 6.07 Å². The van der Waals surface area contributed by atoms with E-state index in [9.17, 15) is 46.1 Å². The molecule has 3 aromatic rings. The number of fused-ring (bicyclic) bond motifs is 5. The summed E-state index contributed by atoms with van der Waals surface area (Å²) in [6.45, 7) is 2.81. The van der Waals surface area contributed by atoms with Crippen molar-refractivity contribution in [3.8, 4) is 16.9 Å². The second-order valence-electron chi connectivity index (χ2n) is 9.47. The molecule has 0 bridgehead atoms. The van der Waals surface area contributed by atoms with Crippen molar-refractivity contribution >= 4 is 34.3 Å². The van der Waals surface area contributed by atoms with Gasteiger partial charge in [0.05, 0.1) is 36.1 Å². The highest BCUT2D eigenvalue weighted by Gasteiger charge is 2.48. The van der Waals surface area contributed by atoms with Crippen LogP contribution in [0.1, 0.15) is 47.2 Å². The molecule has 0 radical (unpaired) electrons. The number of halogens is 7.